The fraction of sp³-hybridized carbons (Fsp3) is 0.357. The number of nitrogen functional groups attached to an aromatic ring is 1. The number of pyridine rings is 1. The van der Waals surface area contributed by atoms with E-state index in [-0.39, 0.29) is 5.91 Å². The zero-order chi connectivity index (χ0) is 14.8. The molecule has 2 aromatic rings. The normalized spacial score (nSPS) is 15.3. The summed E-state index contributed by atoms with van der Waals surface area (Å²) in [6.45, 7) is 4.81. The molecule has 3 rings (SSSR count). The molecule has 2 aromatic heterocycles. The molecule has 1 aliphatic rings. The van der Waals surface area contributed by atoms with Crippen molar-refractivity contribution >= 4 is 28.1 Å². The van der Waals surface area contributed by atoms with Crippen LogP contribution in [0.25, 0.3) is 0 Å². The van der Waals surface area contributed by atoms with Gasteiger partial charge in [0.25, 0.3) is 5.91 Å². The van der Waals surface area contributed by atoms with Gasteiger partial charge in [0.15, 0.2) is 5.13 Å². The van der Waals surface area contributed by atoms with E-state index in [2.05, 4.69) is 14.9 Å². The Bertz CT molecular complexity index is 635. The first-order valence-electron chi connectivity index (χ1n) is 6.81. The number of nitrogens with zero attached hydrogens (tertiary/aromatic N) is 4. The van der Waals surface area contributed by atoms with Gasteiger partial charge in [-0.15, -0.1) is 11.3 Å². The predicted octanol–water partition coefficient (Wildman–Crippen LogP) is 1.39. The Kier molecular flexibility index (Phi) is 3.74. The van der Waals surface area contributed by atoms with Crippen molar-refractivity contribution in [3.8, 4) is 0 Å². The molecule has 0 spiro atoms. The molecule has 1 aliphatic heterocycles. The third-order valence-electron chi connectivity index (χ3n) is 3.60. The second-order valence-corrected chi connectivity index (χ2v) is 5.87. The molecule has 1 fully saturated rings. The Balaban J connectivity index is 1.69. The van der Waals surface area contributed by atoms with E-state index in [1.54, 1.807) is 29.8 Å². The van der Waals surface area contributed by atoms with Crippen molar-refractivity contribution in [1.29, 1.82) is 0 Å². The second kappa shape index (κ2) is 5.69. The number of thiazole rings is 1. The Morgan fingerprint density at radius 3 is 2.71 bits per heavy atom. The summed E-state index contributed by atoms with van der Waals surface area (Å²) in [4.78, 5) is 25.1. The lowest BCUT2D eigenvalue weighted by molar-refractivity contribution is 0.0745. The standard InChI is InChI=1S/C14H17N5OS/c1-10-12(8-11(15)9-17-10)13(20)18-3-5-19(6-4-18)14-16-2-7-21-14/h2,7-9H,3-6,15H2,1H3. The minimum Gasteiger partial charge on any atom is -0.397 e. The fourth-order valence-electron chi connectivity index (χ4n) is 2.41. The lowest BCUT2D eigenvalue weighted by Gasteiger charge is -2.34. The first-order valence-corrected chi connectivity index (χ1v) is 7.69. The average Bonchev–Trinajstić information content (AvgIpc) is 3.03. The van der Waals surface area contributed by atoms with Crippen molar-refractivity contribution in [3.05, 3.63) is 35.1 Å². The summed E-state index contributed by atoms with van der Waals surface area (Å²) in [6.07, 6.45) is 3.38. The highest BCUT2D eigenvalue weighted by Crippen LogP contribution is 2.20. The third-order valence-corrected chi connectivity index (χ3v) is 4.43. The number of hydrogen-bond acceptors (Lipinski definition) is 6. The van der Waals surface area contributed by atoms with E-state index in [1.165, 1.54) is 0 Å². The number of carbonyl (C=O) groups excluding carboxylic acids is 1. The Hall–Kier alpha value is -2.15. The highest BCUT2D eigenvalue weighted by atomic mass is 32.1. The van der Waals surface area contributed by atoms with Gasteiger partial charge in [0.05, 0.1) is 23.1 Å². The van der Waals surface area contributed by atoms with Crippen LogP contribution in [0.1, 0.15) is 16.1 Å². The molecule has 0 atom stereocenters. The fourth-order valence-corrected chi connectivity index (χ4v) is 3.11. The van der Waals surface area contributed by atoms with Crippen LogP contribution in [-0.2, 0) is 0 Å². The number of aromatic nitrogens is 2. The van der Waals surface area contributed by atoms with Crippen LogP contribution >= 0.6 is 11.3 Å². The SMILES string of the molecule is Cc1ncc(N)cc1C(=O)N1CCN(c2nccs2)CC1. The molecule has 0 aliphatic carbocycles. The first kappa shape index (κ1) is 13.8. The number of hydrogen-bond donors (Lipinski definition) is 1. The molecule has 0 unspecified atom stereocenters. The van der Waals surface area contributed by atoms with Gasteiger partial charge in [-0.2, -0.15) is 0 Å². The minimum absolute atomic E-state index is 0.00564. The van der Waals surface area contributed by atoms with Crippen LogP contribution in [0, 0.1) is 6.92 Å². The van der Waals surface area contributed by atoms with E-state index >= 15 is 0 Å². The summed E-state index contributed by atoms with van der Waals surface area (Å²) in [6, 6.07) is 1.71. The number of nitrogens with two attached hydrogens (primary N) is 1. The van der Waals surface area contributed by atoms with Gasteiger partial charge in [-0.25, -0.2) is 4.98 Å². The molecular weight excluding hydrogens is 286 g/mol. The third kappa shape index (κ3) is 2.82. The zero-order valence-electron chi connectivity index (χ0n) is 11.8. The highest BCUT2D eigenvalue weighted by molar-refractivity contribution is 7.13. The number of aryl methyl sites for hydroxylation is 1. The lowest BCUT2D eigenvalue weighted by atomic mass is 10.1. The van der Waals surface area contributed by atoms with Crippen LogP contribution in [0.2, 0.25) is 0 Å². The quantitative estimate of drug-likeness (QED) is 0.907. The molecule has 21 heavy (non-hydrogen) atoms. The lowest BCUT2D eigenvalue weighted by Crippen LogP contribution is -2.49. The van der Waals surface area contributed by atoms with Crippen molar-refractivity contribution in [1.82, 2.24) is 14.9 Å². The van der Waals surface area contributed by atoms with Gasteiger partial charge in [0, 0.05) is 37.8 Å². The molecule has 0 saturated carbocycles. The van der Waals surface area contributed by atoms with Crippen LogP contribution in [0.3, 0.4) is 0 Å². The molecular formula is C14H17N5OS. The molecule has 3 heterocycles. The molecule has 7 heteroatoms. The van der Waals surface area contributed by atoms with Crippen LogP contribution in [-0.4, -0.2) is 47.0 Å². The van der Waals surface area contributed by atoms with Crippen LogP contribution < -0.4 is 10.6 Å². The Morgan fingerprint density at radius 1 is 1.29 bits per heavy atom. The smallest absolute Gasteiger partial charge is 0.255 e. The first-order chi connectivity index (χ1) is 10.1. The largest absolute Gasteiger partial charge is 0.397 e. The second-order valence-electron chi connectivity index (χ2n) is 5.00. The topological polar surface area (TPSA) is 75.3 Å². The van der Waals surface area contributed by atoms with Gasteiger partial charge in [-0.1, -0.05) is 0 Å². The summed E-state index contributed by atoms with van der Waals surface area (Å²) < 4.78 is 0. The molecule has 2 N–H and O–H groups in total. The summed E-state index contributed by atoms with van der Waals surface area (Å²) in [5.41, 5.74) is 7.57. The van der Waals surface area contributed by atoms with E-state index in [1.807, 2.05) is 17.2 Å². The molecule has 0 bridgehead atoms. The maximum Gasteiger partial charge on any atom is 0.255 e. The van der Waals surface area contributed by atoms with Crippen molar-refractivity contribution in [2.75, 3.05) is 36.8 Å². The van der Waals surface area contributed by atoms with Gasteiger partial charge in [0.1, 0.15) is 0 Å². The number of anilines is 2. The molecule has 6 nitrogen and oxygen atoms in total. The Labute approximate surface area is 127 Å². The van der Waals surface area contributed by atoms with Gasteiger partial charge < -0.3 is 15.5 Å². The van der Waals surface area contributed by atoms with Gasteiger partial charge >= 0.3 is 0 Å². The van der Waals surface area contributed by atoms with Crippen molar-refractivity contribution < 1.29 is 4.79 Å². The van der Waals surface area contributed by atoms with Crippen molar-refractivity contribution in [3.63, 3.8) is 0 Å². The highest BCUT2D eigenvalue weighted by Gasteiger charge is 2.24. The van der Waals surface area contributed by atoms with Gasteiger partial charge in [-0.3, -0.25) is 9.78 Å². The molecule has 1 amide bonds. The molecule has 0 radical (unpaired) electrons. The maximum absolute atomic E-state index is 12.6. The van der Waals surface area contributed by atoms with Crippen LogP contribution in [0.15, 0.2) is 23.8 Å². The molecule has 110 valence electrons. The van der Waals surface area contributed by atoms with E-state index in [4.69, 9.17) is 5.73 Å². The Morgan fingerprint density at radius 2 is 2.05 bits per heavy atom. The van der Waals surface area contributed by atoms with E-state index < -0.39 is 0 Å². The number of rotatable bonds is 2. The predicted molar refractivity (Wildman–Crippen MR) is 83.6 cm³/mol. The van der Waals surface area contributed by atoms with E-state index in [9.17, 15) is 4.79 Å². The van der Waals surface area contributed by atoms with E-state index in [0.29, 0.717) is 24.3 Å². The van der Waals surface area contributed by atoms with E-state index in [0.717, 1.165) is 23.9 Å². The summed E-state index contributed by atoms with van der Waals surface area (Å²) in [5, 5.41) is 2.98. The number of amides is 1. The van der Waals surface area contributed by atoms with Crippen molar-refractivity contribution in [2.45, 2.75) is 6.92 Å². The molecule has 1 saturated heterocycles. The monoisotopic (exact) mass is 303 g/mol. The van der Waals surface area contributed by atoms with Gasteiger partial charge in [0.2, 0.25) is 0 Å². The van der Waals surface area contributed by atoms with Crippen LogP contribution in [0.5, 0.6) is 0 Å². The summed E-state index contributed by atoms with van der Waals surface area (Å²) in [5.74, 6) is 0.00564. The minimum atomic E-state index is 0.00564. The van der Waals surface area contributed by atoms with Gasteiger partial charge in [-0.05, 0) is 13.0 Å². The summed E-state index contributed by atoms with van der Waals surface area (Å²) >= 11 is 1.62. The van der Waals surface area contributed by atoms with Crippen molar-refractivity contribution in [2.24, 2.45) is 0 Å². The molecule has 0 aromatic carbocycles. The average molecular weight is 303 g/mol. The van der Waals surface area contributed by atoms with Crippen LogP contribution in [0.4, 0.5) is 10.8 Å². The number of carbonyl (C=O) groups is 1. The maximum atomic E-state index is 12.6. The number of piperazine rings is 1. The summed E-state index contributed by atoms with van der Waals surface area (Å²) in [7, 11) is 0. The zero-order valence-corrected chi connectivity index (χ0v) is 12.6.